The molecule has 0 spiro atoms. The van der Waals surface area contributed by atoms with Crippen molar-refractivity contribution in [2.45, 2.75) is 12.5 Å². The molecule has 0 aliphatic rings. The zero-order valence-electron chi connectivity index (χ0n) is 12.0. The molecule has 3 N–H and O–H groups in total. The third-order valence-electron chi connectivity index (χ3n) is 3.21. The van der Waals surface area contributed by atoms with Crippen LogP contribution in [-0.2, 0) is 6.42 Å². The quantitative estimate of drug-likeness (QED) is 0.618. The maximum Gasteiger partial charge on any atom is 0.165 e. The van der Waals surface area contributed by atoms with Crippen molar-refractivity contribution in [1.29, 1.82) is 0 Å². The lowest BCUT2D eigenvalue weighted by Gasteiger charge is -2.20. The number of hydrogen-bond acceptors (Lipinski definition) is 5. The van der Waals surface area contributed by atoms with E-state index in [1.165, 1.54) is 0 Å². The highest BCUT2D eigenvalue weighted by Crippen LogP contribution is 2.35. The molecule has 1 aromatic heterocycles. The van der Waals surface area contributed by atoms with Crippen LogP contribution in [-0.4, -0.2) is 19.2 Å². The number of ether oxygens (including phenoxy) is 2. The van der Waals surface area contributed by atoms with Crippen LogP contribution >= 0.6 is 15.9 Å². The first-order valence-electron chi connectivity index (χ1n) is 6.47. The van der Waals surface area contributed by atoms with Crippen molar-refractivity contribution >= 4 is 15.9 Å². The highest BCUT2D eigenvalue weighted by Gasteiger charge is 2.19. The summed E-state index contributed by atoms with van der Waals surface area (Å²) in [6.45, 7) is 0. The van der Waals surface area contributed by atoms with Crippen LogP contribution in [0.3, 0.4) is 0 Å². The number of nitrogens with zero attached hydrogens (tertiary/aromatic N) is 1. The summed E-state index contributed by atoms with van der Waals surface area (Å²) in [5.41, 5.74) is 4.69. The van der Waals surface area contributed by atoms with Crippen LogP contribution in [0.1, 0.15) is 17.3 Å². The van der Waals surface area contributed by atoms with E-state index in [2.05, 4.69) is 26.3 Å². The van der Waals surface area contributed by atoms with Gasteiger partial charge in [0.1, 0.15) is 0 Å². The fourth-order valence-corrected chi connectivity index (χ4v) is 2.42. The van der Waals surface area contributed by atoms with Crippen molar-refractivity contribution in [3.63, 3.8) is 0 Å². The van der Waals surface area contributed by atoms with E-state index in [1.807, 2.05) is 30.3 Å². The third-order valence-corrected chi connectivity index (χ3v) is 3.68. The number of benzene rings is 1. The van der Waals surface area contributed by atoms with E-state index in [4.69, 9.17) is 15.3 Å². The molecule has 0 amide bonds. The van der Waals surface area contributed by atoms with Gasteiger partial charge in [0.15, 0.2) is 11.5 Å². The number of hydrogen-bond donors (Lipinski definition) is 2. The summed E-state index contributed by atoms with van der Waals surface area (Å²) in [6, 6.07) is 9.53. The minimum Gasteiger partial charge on any atom is -0.493 e. The number of methoxy groups -OCH3 is 2. The molecule has 2 aromatic rings. The summed E-state index contributed by atoms with van der Waals surface area (Å²) in [6.07, 6.45) is 2.42. The largest absolute Gasteiger partial charge is 0.493 e. The molecule has 21 heavy (non-hydrogen) atoms. The van der Waals surface area contributed by atoms with E-state index < -0.39 is 0 Å². The fourth-order valence-electron chi connectivity index (χ4n) is 2.18. The second-order valence-electron chi connectivity index (χ2n) is 4.47. The van der Waals surface area contributed by atoms with Crippen LogP contribution in [0.2, 0.25) is 0 Å². The molecule has 0 aliphatic carbocycles. The Balaban J connectivity index is 2.31. The lowest BCUT2D eigenvalue weighted by atomic mass is 10.0. The van der Waals surface area contributed by atoms with Gasteiger partial charge in [-0.05, 0) is 34.1 Å². The molecule has 0 fully saturated rings. The Hall–Kier alpha value is -1.63. The van der Waals surface area contributed by atoms with Crippen molar-refractivity contribution < 1.29 is 9.47 Å². The van der Waals surface area contributed by atoms with E-state index in [0.717, 1.165) is 15.7 Å². The fraction of sp³-hybridized carbons (Fsp3) is 0.267. The molecule has 0 saturated heterocycles. The summed E-state index contributed by atoms with van der Waals surface area (Å²) in [7, 11) is 3.23. The van der Waals surface area contributed by atoms with Gasteiger partial charge in [-0.2, -0.15) is 0 Å². The van der Waals surface area contributed by atoms with Crippen LogP contribution in [0, 0.1) is 0 Å². The minimum atomic E-state index is -0.122. The normalized spacial score (nSPS) is 12.0. The summed E-state index contributed by atoms with van der Waals surface area (Å²) in [5.74, 6) is 7.07. The van der Waals surface area contributed by atoms with Crippen LogP contribution in [0.15, 0.2) is 41.0 Å². The van der Waals surface area contributed by atoms with Gasteiger partial charge in [0.05, 0.1) is 20.3 Å². The molecule has 1 atom stereocenters. The maximum absolute atomic E-state index is 5.71. The molecule has 5 nitrogen and oxygen atoms in total. The number of aromatic nitrogens is 1. The number of para-hydroxylation sites is 1. The molecule has 0 radical (unpaired) electrons. The Morgan fingerprint density at radius 1 is 1.24 bits per heavy atom. The van der Waals surface area contributed by atoms with Crippen molar-refractivity contribution in [1.82, 2.24) is 10.4 Å². The summed E-state index contributed by atoms with van der Waals surface area (Å²) in [4.78, 5) is 4.38. The molecular formula is C15H18BrN3O2. The van der Waals surface area contributed by atoms with Gasteiger partial charge in [0.2, 0.25) is 0 Å². The first kappa shape index (κ1) is 15.8. The Labute approximate surface area is 132 Å². The summed E-state index contributed by atoms with van der Waals surface area (Å²) < 4.78 is 11.7. The van der Waals surface area contributed by atoms with Crippen LogP contribution < -0.4 is 20.7 Å². The molecule has 1 unspecified atom stereocenters. The molecule has 6 heteroatoms. The molecule has 2 rings (SSSR count). The van der Waals surface area contributed by atoms with Gasteiger partial charge in [0.25, 0.3) is 0 Å². The van der Waals surface area contributed by atoms with Crippen molar-refractivity contribution in [2.24, 2.45) is 5.84 Å². The SMILES string of the molecule is COc1cccc(C(Cc2ccc(Br)cn2)NN)c1OC. The van der Waals surface area contributed by atoms with Gasteiger partial charge in [-0.1, -0.05) is 12.1 Å². The molecule has 0 bridgehead atoms. The first-order chi connectivity index (χ1) is 10.2. The van der Waals surface area contributed by atoms with Crippen LogP contribution in [0.25, 0.3) is 0 Å². The minimum absolute atomic E-state index is 0.122. The van der Waals surface area contributed by atoms with Crippen molar-refractivity contribution in [3.8, 4) is 11.5 Å². The highest BCUT2D eigenvalue weighted by molar-refractivity contribution is 9.10. The Morgan fingerprint density at radius 3 is 2.62 bits per heavy atom. The van der Waals surface area contributed by atoms with E-state index in [-0.39, 0.29) is 6.04 Å². The smallest absolute Gasteiger partial charge is 0.165 e. The second kappa shape index (κ2) is 7.40. The number of nitrogens with one attached hydrogen (secondary N) is 1. The third kappa shape index (κ3) is 3.72. The lowest BCUT2D eigenvalue weighted by molar-refractivity contribution is 0.346. The summed E-state index contributed by atoms with van der Waals surface area (Å²) in [5, 5.41) is 0. The van der Waals surface area contributed by atoms with Crippen LogP contribution in [0.4, 0.5) is 0 Å². The highest BCUT2D eigenvalue weighted by atomic mass is 79.9. The Kier molecular flexibility index (Phi) is 5.55. The van der Waals surface area contributed by atoms with E-state index >= 15 is 0 Å². The van der Waals surface area contributed by atoms with Crippen molar-refractivity contribution in [2.75, 3.05) is 14.2 Å². The molecule has 112 valence electrons. The number of halogens is 1. The predicted octanol–water partition coefficient (Wildman–Crippen LogP) is 2.61. The van der Waals surface area contributed by atoms with E-state index in [9.17, 15) is 0 Å². The molecule has 0 aliphatic heterocycles. The number of nitrogens with two attached hydrogens (primary N) is 1. The van der Waals surface area contributed by atoms with Gasteiger partial charge in [0, 0.05) is 28.3 Å². The average Bonchev–Trinajstić information content (AvgIpc) is 2.53. The topological polar surface area (TPSA) is 69.4 Å². The number of rotatable bonds is 6. The summed E-state index contributed by atoms with van der Waals surface area (Å²) >= 11 is 3.38. The molecule has 1 aromatic carbocycles. The Morgan fingerprint density at radius 2 is 2.05 bits per heavy atom. The standard InChI is InChI=1S/C15H18BrN3O2/c1-20-14-5-3-4-12(15(14)21-2)13(19-17)8-11-7-6-10(16)9-18-11/h3-7,9,13,19H,8,17H2,1-2H3. The monoisotopic (exact) mass is 351 g/mol. The van der Waals surface area contributed by atoms with Gasteiger partial charge in [-0.25, -0.2) is 0 Å². The molecular weight excluding hydrogens is 334 g/mol. The van der Waals surface area contributed by atoms with Gasteiger partial charge < -0.3 is 9.47 Å². The number of hydrazine groups is 1. The van der Waals surface area contributed by atoms with Gasteiger partial charge >= 0.3 is 0 Å². The molecule has 0 saturated carbocycles. The van der Waals surface area contributed by atoms with E-state index in [1.54, 1.807) is 20.4 Å². The predicted molar refractivity (Wildman–Crippen MR) is 85.3 cm³/mol. The maximum atomic E-state index is 5.71. The average molecular weight is 352 g/mol. The lowest BCUT2D eigenvalue weighted by Crippen LogP contribution is -2.30. The number of pyridine rings is 1. The molecule has 1 heterocycles. The van der Waals surface area contributed by atoms with Crippen LogP contribution in [0.5, 0.6) is 11.5 Å². The zero-order valence-corrected chi connectivity index (χ0v) is 13.6. The Bertz CT molecular complexity index is 590. The first-order valence-corrected chi connectivity index (χ1v) is 7.26. The van der Waals surface area contributed by atoms with Gasteiger partial charge in [-0.3, -0.25) is 16.3 Å². The second-order valence-corrected chi connectivity index (χ2v) is 5.39. The zero-order chi connectivity index (χ0) is 15.2. The van der Waals surface area contributed by atoms with E-state index in [0.29, 0.717) is 17.9 Å². The van der Waals surface area contributed by atoms with Crippen molar-refractivity contribution in [3.05, 3.63) is 52.3 Å². The van der Waals surface area contributed by atoms with Gasteiger partial charge in [-0.15, -0.1) is 0 Å².